The molecule has 0 bridgehead atoms. The van der Waals surface area contributed by atoms with Crippen LogP contribution < -0.4 is 10.6 Å². The fourth-order valence-electron chi connectivity index (χ4n) is 4.43. The first-order valence-electron chi connectivity index (χ1n) is 9.92. The van der Waals surface area contributed by atoms with Gasteiger partial charge >= 0.3 is 0 Å². The number of carbonyl (C=O) groups excluding carboxylic acids is 3. The monoisotopic (exact) mass is 400 g/mol. The summed E-state index contributed by atoms with van der Waals surface area (Å²) in [6.45, 7) is 5.60. The van der Waals surface area contributed by atoms with E-state index in [1.165, 1.54) is 0 Å². The summed E-state index contributed by atoms with van der Waals surface area (Å²) in [7, 11) is 0. The molecule has 8 heteroatoms. The molecule has 7 nitrogen and oxygen atoms in total. The third-order valence-electron chi connectivity index (χ3n) is 6.09. The van der Waals surface area contributed by atoms with Crippen molar-refractivity contribution >= 4 is 29.5 Å². The molecule has 148 valence electrons. The van der Waals surface area contributed by atoms with Crippen molar-refractivity contribution in [2.45, 2.75) is 42.5 Å². The second kappa shape index (κ2) is 7.17. The van der Waals surface area contributed by atoms with Gasteiger partial charge < -0.3 is 10.2 Å². The van der Waals surface area contributed by atoms with E-state index >= 15 is 0 Å². The quantitative estimate of drug-likeness (QED) is 0.694. The Kier molecular flexibility index (Phi) is 4.65. The number of amides is 3. The first kappa shape index (κ1) is 18.1. The molecule has 5 rings (SSSR count). The summed E-state index contributed by atoms with van der Waals surface area (Å²) in [5.74, 6) is -0.687. The number of benzene rings is 1. The molecule has 1 aromatic carbocycles. The van der Waals surface area contributed by atoms with Crippen LogP contribution in [0, 0.1) is 0 Å². The van der Waals surface area contributed by atoms with Crippen molar-refractivity contribution in [1.29, 1.82) is 0 Å². The van der Waals surface area contributed by atoms with E-state index in [4.69, 9.17) is 0 Å². The summed E-state index contributed by atoms with van der Waals surface area (Å²) < 4.78 is 0. The minimum absolute atomic E-state index is 0.0768. The number of carbonyl (C=O) groups is 3. The molecule has 28 heavy (non-hydrogen) atoms. The number of hydrogen-bond donors (Lipinski definition) is 2. The van der Waals surface area contributed by atoms with Gasteiger partial charge in [0.05, 0.1) is 0 Å². The second-order valence-electron chi connectivity index (χ2n) is 8.08. The van der Waals surface area contributed by atoms with E-state index in [1.54, 1.807) is 4.90 Å². The third kappa shape index (κ3) is 3.23. The Hall–Kier alpha value is -1.90. The van der Waals surface area contributed by atoms with Gasteiger partial charge in [-0.05, 0) is 17.5 Å². The third-order valence-corrected chi connectivity index (χ3v) is 7.49. The number of piperidine rings is 1. The predicted octanol–water partition coefficient (Wildman–Crippen LogP) is 0.337. The van der Waals surface area contributed by atoms with E-state index in [9.17, 15) is 14.4 Å². The van der Waals surface area contributed by atoms with Gasteiger partial charge in [0.15, 0.2) is 0 Å². The number of imide groups is 1. The van der Waals surface area contributed by atoms with Crippen LogP contribution in [0.15, 0.2) is 18.2 Å². The average molecular weight is 401 g/mol. The lowest BCUT2D eigenvalue weighted by atomic mass is 10.0. The number of hydrogen-bond acceptors (Lipinski definition) is 6. The summed E-state index contributed by atoms with van der Waals surface area (Å²) >= 11 is 2.08. The number of nitrogens with zero attached hydrogens (tertiary/aromatic N) is 2. The summed E-state index contributed by atoms with van der Waals surface area (Å²) in [6, 6.07) is 5.45. The molecule has 3 amide bonds. The number of rotatable bonds is 5. The van der Waals surface area contributed by atoms with Gasteiger partial charge in [-0.15, -0.1) is 11.8 Å². The van der Waals surface area contributed by atoms with Gasteiger partial charge in [0, 0.05) is 61.8 Å². The van der Waals surface area contributed by atoms with E-state index in [0.717, 1.165) is 54.7 Å². The fourth-order valence-corrected chi connectivity index (χ4v) is 6.00. The van der Waals surface area contributed by atoms with Crippen molar-refractivity contribution in [1.82, 2.24) is 20.4 Å². The highest BCUT2D eigenvalue weighted by atomic mass is 32.2. The van der Waals surface area contributed by atoms with E-state index in [1.807, 2.05) is 18.2 Å². The van der Waals surface area contributed by atoms with E-state index < -0.39 is 6.04 Å². The number of fused-ring (bicyclic) bond motifs is 1. The van der Waals surface area contributed by atoms with Crippen molar-refractivity contribution in [2.24, 2.45) is 0 Å². The number of likely N-dealkylation sites (tertiary alicyclic amines) is 1. The molecule has 0 aliphatic carbocycles. The molecule has 3 fully saturated rings. The Morgan fingerprint density at radius 3 is 2.64 bits per heavy atom. The standard InChI is InChI=1S/C20H24N4O3S/c25-17-5-4-16(19(26)22-17)24-9-13-3-1-2-12(18(13)20(24)27)8-23-10-15(11-23)28-14-6-21-7-14/h1-3,14-16,21H,4-11H2,(H,22,25,26). The predicted molar refractivity (Wildman–Crippen MR) is 106 cm³/mol. The van der Waals surface area contributed by atoms with Gasteiger partial charge in [-0.2, -0.15) is 0 Å². The number of thioether (sulfide) groups is 1. The van der Waals surface area contributed by atoms with Crippen molar-refractivity contribution < 1.29 is 14.4 Å². The van der Waals surface area contributed by atoms with Crippen LogP contribution >= 0.6 is 11.8 Å². The maximum absolute atomic E-state index is 13.1. The molecule has 2 N–H and O–H groups in total. The molecule has 0 spiro atoms. The van der Waals surface area contributed by atoms with Gasteiger partial charge in [-0.3, -0.25) is 24.6 Å². The zero-order chi connectivity index (χ0) is 19.3. The normalized spacial score (nSPS) is 26.1. The van der Waals surface area contributed by atoms with Crippen molar-refractivity contribution in [3.63, 3.8) is 0 Å². The minimum Gasteiger partial charge on any atom is -0.322 e. The lowest BCUT2D eigenvalue weighted by molar-refractivity contribution is -0.136. The molecule has 1 atom stereocenters. The zero-order valence-corrected chi connectivity index (χ0v) is 16.5. The summed E-state index contributed by atoms with van der Waals surface area (Å²) in [4.78, 5) is 40.8. The second-order valence-corrected chi connectivity index (χ2v) is 9.69. The van der Waals surface area contributed by atoms with E-state index in [0.29, 0.717) is 18.2 Å². The number of nitrogens with one attached hydrogen (secondary N) is 2. The van der Waals surface area contributed by atoms with Crippen LogP contribution in [0.1, 0.15) is 34.3 Å². The topological polar surface area (TPSA) is 81.8 Å². The highest BCUT2D eigenvalue weighted by molar-refractivity contribution is 8.00. The fraction of sp³-hybridized carbons (Fsp3) is 0.550. The Morgan fingerprint density at radius 1 is 1.11 bits per heavy atom. The lowest BCUT2D eigenvalue weighted by Crippen LogP contribution is -2.53. The molecule has 0 aromatic heterocycles. The Bertz CT molecular complexity index is 835. The molecule has 4 aliphatic heterocycles. The highest BCUT2D eigenvalue weighted by Gasteiger charge is 2.40. The molecule has 0 saturated carbocycles. The Morgan fingerprint density at radius 2 is 1.93 bits per heavy atom. The van der Waals surface area contributed by atoms with Crippen LogP contribution in [0.25, 0.3) is 0 Å². The molecule has 3 saturated heterocycles. The Labute approximate surface area is 168 Å². The molecule has 0 radical (unpaired) electrons. The van der Waals surface area contributed by atoms with Crippen molar-refractivity contribution in [3.8, 4) is 0 Å². The molecule has 1 aromatic rings. The highest BCUT2D eigenvalue weighted by Crippen LogP contribution is 2.33. The van der Waals surface area contributed by atoms with Crippen LogP contribution in [-0.4, -0.2) is 70.2 Å². The van der Waals surface area contributed by atoms with Crippen molar-refractivity contribution in [2.75, 3.05) is 26.2 Å². The maximum atomic E-state index is 13.1. The van der Waals surface area contributed by atoms with Gasteiger partial charge in [-0.1, -0.05) is 18.2 Å². The van der Waals surface area contributed by atoms with Gasteiger partial charge in [0.25, 0.3) is 5.91 Å². The van der Waals surface area contributed by atoms with Gasteiger partial charge in [-0.25, -0.2) is 0 Å². The first-order valence-corrected chi connectivity index (χ1v) is 10.9. The summed E-state index contributed by atoms with van der Waals surface area (Å²) in [5, 5.41) is 7.13. The van der Waals surface area contributed by atoms with Crippen LogP contribution in [0.4, 0.5) is 0 Å². The van der Waals surface area contributed by atoms with Crippen molar-refractivity contribution in [3.05, 3.63) is 34.9 Å². The summed E-state index contributed by atoms with van der Waals surface area (Å²) in [6.07, 6.45) is 0.688. The van der Waals surface area contributed by atoms with E-state index in [-0.39, 0.29) is 24.1 Å². The summed E-state index contributed by atoms with van der Waals surface area (Å²) in [5.41, 5.74) is 2.79. The van der Waals surface area contributed by atoms with E-state index in [2.05, 4.69) is 27.3 Å². The molecule has 1 unspecified atom stereocenters. The largest absolute Gasteiger partial charge is 0.322 e. The molecular weight excluding hydrogens is 376 g/mol. The smallest absolute Gasteiger partial charge is 0.255 e. The molecular formula is C20H24N4O3S. The minimum atomic E-state index is -0.550. The van der Waals surface area contributed by atoms with Crippen LogP contribution in [0.2, 0.25) is 0 Å². The van der Waals surface area contributed by atoms with Crippen LogP contribution in [-0.2, 0) is 22.7 Å². The SMILES string of the molecule is O=C1CCC(N2Cc3cccc(CN4CC(SC5CNC5)C4)c3C2=O)C(=O)N1. The van der Waals surface area contributed by atoms with Crippen LogP contribution in [0.3, 0.4) is 0 Å². The van der Waals surface area contributed by atoms with Crippen LogP contribution in [0.5, 0.6) is 0 Å². The van der Waals surface area contributed by atoms with Gasteiger partial charge in [0.2, 0.25) is 11.8 Å². The van der Waals surface area contributed by atoms with Gasteiger partial charge in [0.1, 0.15) is 6.04 Å². The first-order chi connectivity index (χ1) is 13.6. The lowest BCUT2D eigenvalue weighted by Gasteiger charge is -2.42. The molecule has 4 heterocycles. The average Bonchev–Trinajstić information content (AvgIpc) is 2.93. The Balaban J connectivity index is 1.25. The molecule has 4 aliphatic rings. The zero-order valence-electron chi connectivity index (χ0n) is 15.6. The maximum Gasteiger partial charge on any atom is 0.255 e.